The monoisotopic (exact) mass is 421 g/mol. The van der Waals surface area contributed by atoms with E-state index in [0.29, 0.717) is 25.2 Å². The molecule has 0 aliphatic carbocycles. The van der Waals surface area contributed by atoms with Crippen molar-refractivity contribution in [2.45, 2.75) is 46.3 Å². The summed E-state index contributed by atoms with van der Waals surface area (Å²) in [5, 5.41) is 3.49. The highest BCUT2D eigenvalue weighted by molar-refractivity contribution is 5.85. The number of rotatable bonds is 4. The summed E-state index contributed by atoms with van der Waals surface area (Å²) >= 11 is 0. The highest BCUT2D eigenvalue weighted by Crippen LogP contribution is 2.34. The van der Waals surface area contributed by atoms with Crippen LogP contribution in [0, 0.1) is 19.7 Å². The van der Waals surface area contributed by atoms with Gasteiger partial charge in [-0.3, -0.25) is 4.79 Å². The predicted octanol–water partition coefficient (Wildman–Crippen LogP) is 4.13. The Balaban J connectivity index is 1.77. The van der Waals surface area contributed by atoms with Crippen LogP contribution in [-0.2, 0) is 17.9 Å². The number of halogens is 1. The second-order valence-electron chi connectivity index (χ2n) is 8.78. The third-order valence-corrected chi connectivity index (χ3v) is 5.56. The fourth-order valence-electron chi connectivity index (χ4n) is 3.81. The number of nitrogens with zero attached hydrogens (tertiary/aromatic N) is 3. The minimum Gasteiger partial charge on any atom is -0.340 e. The van der Waals surface area contributed by atoms with Crippen molar-refractivity contribution in [1.29, 1.82) is 0 Å². The van der Waals surface area contributed by atoms with E-state index in [2.05, 4.69) is 9.88 Å². The lowest BCUT2D eigenvalue weighted by atomic mass is 10.1. The molecular formula is C24H28FN5O. The van der Waals surface area contributed by atoms with Crippen molar-refractivity contribution < 1.29 is 9.18 Å². The number of imidazole rings is 1. The number of fused-ring (bicyclic) bond motifs is 1. The molecule has 0 bridgehead atoms. The lowest BCUT2D eigenvalue weighted by molar-refractivity contribution is -0.137. The zero-order valence-electron chi connectivity index (χ0n) is 18.4. The average molecular weight is 422 g/mol. The molecule has 0 atom stereocenters. The van der Waals surface area contributed by atoms with Gasteiger partial charge in [-0.05, 0) is 63.6 Å². The van der Waals surface area contributed by atoms with Gasteiger partial charge in [-0.25, -0.2) is 9.37 Å². The normalized spacial score (nSPS) is 13.8. The summed E-state index contributed by atoms with van der Waals surface area (Å²) in [4.78, 5) is 19.3. The molecule has 3 N–H and O–H groups in total. The Labute approximate surface area is 181 Å². The molecule has 1 aliphatic heterocycles. The van der Waals surface area contributed by atoms with Gasteiger partial charge in [0.2, 0.25) is 5.91 Å². The van der Waals surface area contributed by atoms with E-state index >= 15 is 0 Å². The summed E-state index contributed by atoms with van der Waals surface area (Å²) < 4.78 is 16.0. The maximum absolute atomic E-state index is 13.9. The number of carbonyl (C=O) groups excluding carboxylic acids is 1. The van der Waals surface area contributed by atoms with Gasteiger partial charge in [0, 0.05) is 24.3 Å². The number of benzene rings is 2. The van der Waals surface area contributed by atoms with Crippen LogP contribution in [0.25, 0.3) is 11.3 Å². The van der Waals surface area contributed by atoms with Crippen LogP contribution in [0.4, 0.5) is 15.9 Å². The van der Waals surface area contributed by atoms with Crippen molar-refractivity contribution in [3.8, 4) is 11.3 Å². The van der Waals surface area contributed by atoms with E-state index in [1.54, 1.807) is 37.8 Å². The molecule has 3 aromatic rings. The Morgan fingerprint density at radius 3 is 2.48 bits per heavy atom. The molecule has 4 rings (SSSR count). The Bertz CT molecular complexity index is 1130. The van der Waals surface area contributed by atoms with Crippen LogP contribution in [0.2, 0.25) is 0 Å². The van der Waals surface area contributed by atoms with Crippen molar-refractivity contribution in [1.82, 2.24) is 14.5 Å². The maximum Gasteiger partial charge on any atom is 0.242 e. The number of nitrogens with two attached hydrogens (primary N) is 1. The first kappa shape index (κ1) is 21.1. The van der Waals surface area contributed by atoms with Crippen LogP contribution in [0.3, 0.4) is 0 Å². The molecule has 162 valence electrons. The van der Waals surface area contributed by atoms with Crippen LogP contribution >= 0.6 is 0 Å². The van der Waals surface area contributed by atoms with Gasteiger partial charge in [-0.2, -0.15) is 0 Å². The molecule has 0 saturated heterocycles. The first-order valence-corrected chi connectivity index (χ1v) is 10.4. The topological polar surface area (TPSA) is 76.2 Å². The smallest absolute Gasteiger partial charge is 0.242 e. The van der Waals surface area contributed by atoms with Crippen molar-refractivity contribution >= 4 is 17.4 Å². The summed E-state index contributed by atoms with van der Waals surface area (Å²) in [6.07, 6.45) is 0. The zero-order valence-corrected chi connectivity index (χ0v) is 18.4. The van der Waals surface area contributed by atoms with E-state index in [-0.39, 0.29) is 11.7 Å². The molecule has 0 radical (unpaired) electrons. The Morgan fingerprint density at radius 1 is 1.13 bits per heavy atom. The molecule has 1 amide bonds. The highest BCUT2D eigenvalue weighted by atomic mass is 19.1. The maximum atomic E-state index is 13.9. The molecule has 0 fully saturated rings. The third-order valence-electron chi connectivity index (χ3n) is 5.56. The Kier molecular flexibility index (Phi) is 5.31. The average Bonchev–Trinajstić information content (AvgIpc) is 3.08. The Hall–Kier alpha value is -3.19. The Morgan fingerprint density at radius 2 is 1.84 bits per heavy atom. The molecule has 1 aliphatic rings. The summed E-state index contributed by atoms with van der Waals surface area (Å²) in [6, 6.07) is 13.1. The van der Waals surface area contributed by atoms with Crippen molar-refractivity contribution in [3.05, 3.63) is 65.2 Å². The molecule has 0 spiro atoms. The molecule has 6 nitrogen and oxygen atoms in total. The largest absolute Gasteiger partial charge is 0.340 e. The third kappa shape index (κ3) is 4.18. The van der Waals surface area contributed by atoms with Gasteiger partial charge in [0.1, 0.15) is 23.2 Å². The van der Waals surface area contributed by atoms with Gasteiger partial charge in [-0.15, -0.1) is 0 Å². The number of aromatic nitrogens is 2. The second-order valence-corrected chi connectivity index (χ2v) is 8.78. The second kappa shape index (κ2) is 7.81. The van der Waals surface area contributed by atoms with Crippen molar-refractivity contribution in [3.63, 3.8) is 0 Å². The predicted molar refractivity (Wildman–Crippen MR) is 121 cm³/mol. The first-order chi connectivity index (χ1) is 14.6. The molecular weight excluding hydrogens is 393 g/mol. The van der Waals surface area contributed by atoms with Gasteiger partial charge in [0.25, 0.3) is 0 Å². The number of amides is 1. The number of hydrogen-bond acceptors (Lipinski definition) is 4. The van der Waals surface area contributed by atoms with Gasteiger partial charge < -0.3 is 20.5 Å². The fraction of sp³-hybridized carbons (Fsp3) is 0.333. The van der Waals surface area contributed by atoms with E-state index in [9.17, 15) is 9.18 Å². The summed E-state index contributed by atoms with van der Waals surface area (Å²) in [5.74, 6) is 1.26. The van der Waals surface area contributed by atoms with Crippen LogP contribution in [0.5, 0.6) is 0 Å². The number of hydrogen-bond donors (Lipinski definition) is 2. The number of nitrogens with one attached hydrogen (secondary N) is 1. The van der Waals surface area contributed by atoms with Crippen LogP contribution in [0.15, 0.2) is 42.5 Å². The van der Waals surface area contributed by atoms with E-state index in [1.165, 1.54) is 11.6 Å². The van der Waals surface area contributed by atoms with E-state index in [1.807, 2.05) is 31.2 Å². The van der Waals surface area contributed by atoms with Crippen molar-refractivity contribution in [2.75, 3.05) is 11.9 Å². The minimum absolute atomic E-state index is 0.103. The van der Waals surface area contributed by atoms with Crippen LogP contribution < -0.4 is 11.1 Å². The van der Waals surface area contributed by atoms with Gasteiger partial charge in [0.15, 0.2) is 0 Å². The number of anilines is 2. The molecule has 2 heterocycles. The SMILES string of the molecule is Cc1ccc(Nc2c(-c3ccc(F)c(C)c3)nc3n2CCN(C(=O)C(C)(C)N)C3)cc1. The standard InChI is InChI=1S/C24H28FN5O/c1-15-5-8-18(9-6-15)27-22-21(17-7-10-19(25)16(2)13-17)28-20-14-29(11-12-30(20)22)23(31)24(3,4)26/h5-10,13,27H,11-12,14,26H2,1-4H3. The summed E-state index contributed by atoms with van der Waals surface area (Å²) in [5.41, 5.74) is 9.34. The molecule has 0 unspecified atom stereocenters. The van der Waals surface area contributed by atoms with E-state index in [4.69, 9.17) is 10.7 Å². The van der Waals surface area contributed by atoms with Gasteiger partial charge >= 0.3 is 0 Å². The minimum atomic E-state index is -0.936. The van der Waals surface area contributed by atoms with E-state index in [0.717, 1.165) is 28.6 Å². The molecule has 2 aromatic carbocycles. The summed E-state index contributed by atoms with van der Waals surface area (Å²) in [7, 11) is 0. The molecule has 7 heteroatoms. The number of carbonyl (C=O) groups is 1. The van der Waals surface area contributed by atoms with Crippen LogP contribution in [0.1, 0.15) is 30.8 Å². The van der Waals surface area contributed by atoms with Crippen LogP contribution in [-0.4, -0.2) is 32.4 Å². The molecule has 31 heavy (non-hydrogen) atoms. The molecule has 1 aromatic heterocycles. The quantitative estimate of drug-likeness (QED) is 0.664. The van der Waals surface area contributed by atoms with E-state index < -0.39 is 5.54 Å². The first-order valence-electron chi connectivity index (χ1n) is 10.4. The van der Waals surface area contributed by atoms with Gasteiger partial charge in [0.05, 0.1) is 12.1 Å². The fourth-order valence-corrected chi connectivity index (χ4v) is 3.81. The zero-order chi connectivity index (χ0) is 22.3. The lowest BCUT2D eigenvalue weighted by Gasteiger charge is -2.33. The van der Waals surface area contributed by atoms with Crippen molar-refractivity contribution in [2.24, 2.45) is 5.73 Å². The van der Waals surface area contributed by atoms with Gasteiger partial charge in [-0.1, -0.05) is 17.7 Å². The lowest BCUT2D eigenvalue weighted by Crippen LogP contribution is -2.52. The highest BCUT2D eigenvalue weighted by Gasteiger charge is 2.32. The molecule has 0 saturated carbocycles. The summed E-state index contributed by atoms with van der Waals surface area (Å²) in [6.45, 7) is 8.74. The number of aryl methyl sites for hydroxylation is 2.